The first kappa shape index (κ1) is 27.3. The fraction of sp³-hybridized carbons (Fsp3) is 0.688. The van der Waals surface area contributed by atoms with Crippen molar-refractivity contribution in [2.24, 2.45) is 17.8 Å². The molecule has 3 aliphatic rings. The number of hydrogen-bond donors (Lipinski definition) is 0. The molecule has 1 N–H and O–H groups in total. The van der Waals surface area contributed by atoms with Gasteiger partial charge in [-0.1, -0.05) is 19.5 Å². The molecule has 0 aliphatic heterocycles. The molecular formula is C16H26Cl2NOSiTi. The number of carbonyl (C=O) groups excluding carboxylic acids is 1. The topological polar surface area (TPSA) is 40.9 Å². The zero-order valence-corrected chi connectivity index (χ0v) is 17.9. The van der Waals surface area contributed by atoms with Gasteiger partial charge in [-0.25, -0.2) is 11.6 Å². The minimum absolute atomic E-state index is 0. The van der Waals surface area contributed by atoms with E-state index in [1.807, 2.05) is 6.08 Å². The maximum Gasteiger partial charge on any atom is 4.00 e. The van der Waals surface area contributed by atoms with Crippen molar-refractivity contribution in [3.05, 3.63) is 29.5 Å². The molecule has 22 heavy (non-hydrogen) atoms. The molecule has 0 aromatic carbocycles. The van der Waals surface area contributed by atoms with Gasteiger partial charge in [-0.05, 0) is 31.1 Å². The molecule has 1 amide bonds. The summed E-state index contributed by atoms with van der Waals surface area (Å²) in [5.41, 5.74) is 8.33. The summed E-state index contributed by atoms with van der Waals surface area (Å²) in [6, 6.07) is 0. The minimum atomic E-state index is -0.313. The van der Waals surface area contributed by atoms with Crippen molar-refractivity contribution in [1.29, 1.82) is 0 Å². The quantitative estimate of drug-likeness (QED) is 0.383. The summed E-state index contributed by atoms with van der Waals surface area (Å²) in [6.45, 7) is 6.50. The maximum absolute atomic E-state index is 10.7. The largest absolute Gasteiger partial charge is 4.00 e. The van der Waals surface area contributed by atoms with Crippen molar-refractivity contribution in [3.63, 3.8) is 0 Å². The SMILES string of the molecule is CC1=CC[C-]=C1.C[SiH]C.[Cl-].[Cl-].[NH-]C(=O)C1CC2CCC1C2.[Ti+4]. The molecule has 6 heteroatoms. The molecule has 2 bridgehead atoms. The number of nitrogens with one attached hydrogen (secondary N) is 1. The Labute approximate surface area is 165 Å². The third-order valence-corrected chi connectivity index (χ3v) is 3.95. The van der Waals surface area contributed by atoms with Crippen LogP contribution in [-0.2, 0) is 26.5 Å². The zero-order chi connectivity index (χ0) is 14.3. The van der Waals surface area contributed by atoms with E-state index in [4.69, 9.17) is 5.73 Å². The van der Waals surface area contributed by atoms with Crippen LogP contribution < -0.4 is 24.8 Å². The van der Waals surface area contributed by atoms with Crippen LogP contribution in [0.4, 0.5) is 0 Å². The number of halogens is 2. The van der Waals surface area contributed by atoms with E-state index in [0.717, 1.165) is 28.3 Å². The van der Waals surface area contributed by atoms with Crippen LogP contribution in [0.3, 0.4) is 0 Å². The molecule has 2 saturated carbocycles. The van der Waals surface area contributed by atoms with E-state index < -0.39 is 0 Å². The van der Waals surface area contributed by atoms with Crippen molar-refractivity contribution >= 4 is 15.4 Å². The van der Waals surface area contributed by atoms with Crippen molar-refractivity contribution in [2.45, 2.75) is 52.1 Å². The van der Waals surface area contributed by atoms with Gasteiger partial charge in [0.05, 0.1) is 5.91 Å². The molecule has 0 aromatic heterocycles. The Hall–Kier alpha value is 0.461. The monoisotopic (exact) mass is 394 g/mol. The molecule has 0 aromatic rings. The van der Waals surface area contributed by atoms with Crippen LogP contribution in [0.2, 0.25) is 13.1 Å². The Kier molecular flexibility index (Phi) is 18.6. The fourth-order valence-corrected chi connectivity index (χ4v) is 3.06. The molecule has 3 aliphatic carbocycles. The summed E-state index contributed by atoms with van der Waals surface area (Å²) >= 11 is 0. The van der Waals surface area contributed by atoms with E-state index in [-0.39, 0.29) is 58.4 Å². The predicted octanol–water partition coefficient (Wildman–Crippen LogP) is -1.78. The molecule has 3 unspecified atom stereocenters. The molecule has 123 valence electrons. The molecule has 0 heterocycles. The van der Waals surface area contributed by atoms with Crippen molar-refractivity contribution in [1.82, 2.24) is 0 Å². The van der Waals surface area contributed by atoms with E-state index in [2.05, 4.69) is 32.2 Å². The van der Waals surface area contributed by atoms with E-state index in [1.165, 1.54) is 24.8 Å². The van der Waals surface area contributed by atoms with Crippen molar-refractivity contribution in [2.75, 3.05) is 0 Å². The second-order valence-corrected chi connectivity index (χ2v) is 6.88. The normalized spacial score (nSPS) is 26.0. The number of amides is 1. The number of rotatable bonds is 1. The van der Waals surface area contributed by atoms with Crippen LogP contribution in [0.25, 0.3) is 5.73 Å². The van der Waals surface area contributed by atoms with Gasteiger partial charge in [0.25, 0.3) is 0 Å². The van der Waals surface area contributed by atoms with Crippen molar-refractivity contribution in [3.8, 4) is 0 Å². The van der Waals surface area contributed by atoms with Gasteiger partial charge in [0, 0.05) is 15.4 Å². The van der Waals surface area contributed by atoms with E-state index in [9.17, 15) is 4.79 Å². The summed E-state index contributed by atoms with van der Waals surface area (Å²) in [4.78, 5) is 10.7. The van der Waals surface area contributed by atoms with E-state index >= 15 is 0 Å². The molecule has 2 fully saturated rings. The molecule has 1 radical (unpaired) electrons. The summed E-state index contributed by atoms with van der Waals surface area (Å²) in [5.74, 6) is 1.20. The second kappa shape index (κ2) is 15.0. The second-order valence-electron chi connectivity index (χ2n) is 5.72. The van der Waals surface area contributed by atoms with Gasteiger partial charge >= 0.3 is 21.7 Å². The zero-order valence-electron chi connectivity index (χ0n) is 13.7. The van der Waals surface area contributed by atoms with Crippen LogP contribution in [-0.4, -0.2) is 15.4 Å². The number of fused-ring (bicyclic) bond motifs is 2. The van der Waals surface area contributed by atoms with Gasteiger partial charge in [-0.15, -0.1) is 13.3 Å². The first-order valence-corrected chi connectivity index (χ1v) is 9.62. The summed E-state index contributed by atoms with van der Waals surface area (Å²) in [6.07, 6.45) is 13.0. The first-order valence-electron chi connectivity index (χ1n) is 7.31. The Morgan fingerprint density at radius 1 is 1.27 bits per heavy atom. The Morgan fingerprint density at radius 2 is 1.86 bits per heavy atom. The Bertz CT molecular complexity index is 361. The van der Waals surface area contributed by atoms with Gasteiger partial charge in [-0.2, -0.15) is 6.08 Å². The smallest absolute Gasteiger partial charge is 1.00 e. The van der Waals surface area contributed by atoms with E-state index in [1.54, 1.807) is 0 Å². The first-order chi connectivity index (χ1) is 9.08. The Morgan fingerprint density at radius 3 is 2.05 bits per heavy atom. The minimum Gasteiger partial charge on any atom is -1.00 e. The van der Waals surface area contributed by atoms with Gasteiger partial charge < -0.3 is 35.3 Å². The maximum atomic E-state index is 10.7. The van der Waals surface area contributed by atoms with Crippen LogP contribution in [0, 0.1) is 23.8 Å². The molecule has 3 rings (SSSR count). The van der Waals surface area contributed by atoms with Gasteiger partial charge in [0.1, 0.15) is 0 Å². The van der Waals surface area contributed by atoms with Crippen LogP contribution in [0.15, 0.2) is 17.7 Å². The average molecular weight is 395 g/mol. The fourth-order valence-electron chi connectivity index (χ4n) is 3.06. The van der Waals surface area contributed by atoms with E-state index in [0.29, 0.717) is 5.92 Å². The van der Waals surface area contributed by atoms with Crippen LogP contribution in [0.5, 0.6) is 0 Å². The van der Waals surface area contributed by atoms with Crippen LogP contribution in [0.1, 0.15) is 39.0 Å². The summed E-state index contributed by atoms with van der Waals surface area (Å²) in [7, 11) is 0.750. The number of allylic oxidation sites excluding steroid dienone is 4. The van der Waals surface area contributed by atoms with Gasteiger partial charge in [0.15, 0.2) is 0 Å². The standard InChI is InChI=1S/C8H13NO.C6H7.C2H7Si.2ClH.Ti/c9-8(10)7-4-5-1-2-6(7)3-5;1-6-4-2-3-5-6;1-3-2;;;/h5-7H,1-4H2,(H2,9,10);4-5H,2H2,1H3;3H,1-2H3;2*1H;/q;-1;;;;+4/p-3. The molecular weight excluding hydrogens is 369 g/mol. The summed E-state index contributed by atoms with van der Waals surface area (Å²) in [5, 5.41) is 0. The van der Waals surface area contributed by atoms with Crippen LogP contribution >= 0.6 is 0 Å². The third-order valence-electron chi connectivity index (χ3n) is 3.95. The number of hydrogen-bond acceptors (Lipinski definition) is 1. The molecule has 0 saturated heterocycles. The molecule has 0 spiro atoms. The average Bonchev–Trinajstić information content (AvgIpc) is 3.07. The Balaban J connectivity index is -0.000000265. The molecule has 3 atom stereocenters. The number of carbonyl (C=O) groups is 1. The molecule has 2 nitrogen and oxygen atoms in total. The third kappa shape index (κ3) is 9.57. The van der Waals surface area contributed by atoms with Gasteiger partial charge in [0.2, 0.25) is 0 Å². The van der Waals surface area contributed by atoms with Gasteiger partial charge in [-0.3, -0.25) is 6.08 Å². The van der Waals surface area contributed by atoms with Crippen molar-refractivity contribution < 1.29 is 51.3 Å². The summed E-state index contributed by atoms with van der Waals surface area (Å²) < 4.78 is 0. The predicted molar refractivity (Wildman–Crippen MR) is 83.3 cm³/mol.